The van der Waals surface area contributed by atoms with Crippen molar-refractivity contribution < 1.29 is 9.84 Å². The van der Waals surface area contributed by atoms with Crippen LogP contribution in [0.3, 0.4) is 0 Å². The van der Waals surface area contributed by atoms with Crippen LogP contribution in [-0.2, 0) is 0 Å². The largest absolute Gasteiger partial charge is 0.507 e. The summed E-state index contributed by atoms with van der Waals surface area (Å²) in [6.07, 6.45) is 3.57. The molecule has 1 aliphatic heterocycles. The molecule has 3 aromatic rings. The Morgan fingerprint density at radius 1 is 0.926 bits per heavy atom. The molecule has 0 aromatic heterocycles. The molecule has 0 saturated carbocycles. The summed E-state index contributed by atoms with van der Waals surface area (Å²) < 4.78 is 5.65. The monoisotopic (exact) mass is 381 g/mol. The van der Waals surface area contributed by atoms with Gasteiger partial charge in [0.05, 0.1) is 13.2 Å². The number of para-hydroxylation sites is 1. The Bertz CT molecular complexity index is 950. The summed E-state index contributed by atoms with van der Waals surface area (Å²) in [5.41, 5.74) is 1.90. The standard InChI is InChI=1S/C23H24ClNO2/c1-27-21-12-6-5-11-18(21)22(25-13-7-2-8-14-25)19-15-20(24)16-9-3-4-10-17(16)23(19)26/h3-6,9-12,15,22,26H,2,7-8,13-14H2,1H3. The molecule has 3 nitrogen and oxygen atoms in total. The topological polar surface area (TPSA) is 32.7 Å². The minimum Gasteiger partial charge on any atom is -0.507 e. The lowest BCUT2D eigenvalue weighted by Gasteiger charge is -2.36. The summed E-state index contributed by atoms with van der Waals surface area (Å²) in [6, 6.07) is 17.6. The third-order valence-electron chi connectivity index (χ3n) is 5.48. The first-order valence-electron chi connectivity index (χ1n) is 9.48. The summed E-state index contributed by atoms with van der Waals surface area (Å²) in [7, 11) is 1.69. The van der Waals surface area contributed by atoms with Crippen LogP contribution < -0.4 is 4.74 Å². The Balaban J connectivity index is 1.93. The lowest BCUT2D eigenvalue weighted by molar-refractivity contribution is 0.182. The molecule has 1 saturated heterocycles. The molecule has 1 heterocycles. The second kappa shape index (κ2) is 7.79. The quantitative estimate of drug-likeness (QED) is 0.621. The fraction of sp³-hybridized carbons (Fsp3) is 0.304. The summed E-state index contributed by atoms with van der Waals surface area (Å²) >= 11 is 6.62. The summed E-state index contributed by atoms with van der Waals surface area (Å²) in [4.78, 5) is 2.43. The molecule has 1 fully saturated rings. The van der Waals surface area contributed by atoms with Gasteiger partial charge in [0.2, 0.25) is 0 Å². The number of methoxy groups -OCH3 is 1. The van der Waals surface area contributed by atoms with Crippen molar-refractivity contribution in [1.82, 2.24) is 4.90 Å². The van der Waals surface area contributed by atoms with E-state index in [2.05, 4.69) is 11.0 Å². The number of likely N-dealkylation sites (tertiary alicyclic amines) is 1. The smallest absolute Gasteiger partial charge is 0.128 e. The van der Waals surface area contributed by atoms with Crippen molar-refractivity contribution in [3.05, 3.63) is 70.7 Å². The van der Waals surface area contributed by atoms with Crippen molar-refractivity contribution in [1.29, 1.82) is 0 Å². The maximum absolute atomic E-state index is 11.2. The number of phenolic OH excluding ortho intramolecular Hbond substituents is 1. The molecule has 1 unspecified atom stereocenters. The van der Waals surface area contributed by atoms with Crippen LogP contribution in [0.1, 0.15) is 36.4 Å². The van der Waals surface area contributed by atoms with Crippen LogP contribution in [0, 0.1) is 0 Å². The SMILES string of the molecule is COc1ccccc1C(c1cc(Cl)c2ccccc2c1O)N1CCCCC1. The molecule has 0 radical (unpaired) electrons. The van der Waals surface area contributed by atoms with Crippen molar-refractivity contribution in [3.8, 4) is 11.5 Å². The van der Waals surface area contributed by atoms with Crippen molar-refractivity contribution >= 4 is 22.4 Å². The van der Waals surface area contributed by atoms with E-state index in [1.165, 1.54) is 6.42 Å². The summed E-state index contributed by atoms with van der Waals surface area (Å²) in [6.45, 7) is 1.99. The molecular weight excluding hydrogens is 358 g/mol. The van der Waals surface area contributed by atoms with Crippen LogP contribution in [0.4, 0.5) is 0 Å². The van der Waals surface area contributed by atoms with E-state index >= 15 is 0 Å². The van der Waals surface area contributed by atoms with Crippen LogP contribution in [-0.4, -0.2) is 30.2 Å². The van der Waals surface area contributed by atoms with Crippen molar-refractivity contribution in [2.24, 2.45) is 0 Å². The molecule has 0 spiro atoms. The molecule has 1 atom stereocenters. The number of hydrogen-bond acceptors (Lipinski definition) is 3. The van der Waals surface area contributed by atoms with Gasteiger partial charge in [0.25, 0.3) is 0 Å². The first-order valence-corrected chi connectivity index (χ1v) is 9.85. The second-order valence-electron chi connectivity index (χ2n) is 7.08. The summed E-state index contributed by atoms with van der Waals surface area (Å²) in [5.74, 6) is 1.13. The molecule has 27 heavy (non-hydrogen) atoms. The predicted molar refractivity (Wildman–Crippen MR) is 111 cm³/mol. The lowest BCUT2D eigenvalue weighted by atomic mass is 9.91. The maximum atomic E-state index is 11.2. The van der Waals surface area contributed by atoms with Crippen LogP contribution >= 0.6 is 11.6 Å². The lowest BCUT2D eigenvalue weighted by Crippen LogP contribution is -2.34. The fourth-order valence-electron chi connectivity index (χ4n) is 4.17. The van der Waals surface area contributed by atoms with Crippen LogP contribution in [0.2, 0.25) is 5.02 Å². The highest BCUT2D eigenvalue weighted by atomic mass is 35.5. The minimum absolute atomic E-state index is 0.0939. The van der Waals surface area contributed by atoms with Gasteiger partial charge in [-0.25, -0.2) is 0 Å². The van der Waals surface area contributed by atoms with Crippen LogP contribution in [0.5, 0.6) is 11.5 Å². The average molecular weight is 382 g/mol. The van der Waals surface area contributed by atoms with E-state index < -0.39 is 0 Å². The molecule has 0 amide bonds. The van der Waals surface area contributed by atoms with Crippen molar-refractivity contribution in [2.45, 2.75) is 25.3 Å². The average Bonchev–Trinajstić information content (AvgIpc) is 2.73. The minimum atomic E-state index is -0.0939. The molecule has 1 N–H and O–H groups in total. The second-order valence-corrected chi connectivity index (χ2v) is 7.49. The Morgan fingerprint density at radius 3 is 2.33 bits per heavy atom. The van der Waals surface area contributed by atoms with E-state index in [0.717, 1.165) is 53.6 Å². The number of hydrogen-bond donors (Lipinski definition) is 1. The van der Waals surface area contributed by atoms with Crippen molar-refractivity contribution in [2.75, 3.05) is 20.2 Å². The van der Waals surface area contributed by atoms with E-state index in [0.29, 0.717) is 10.8 Å². The van der Waals surface area contributed by atoms with Gasteiger partial charge in [0, 0.05) is 26.9 Å². The predicted octanol–water partition coefficient (Wildman–Crippen LogP) is 5.78. The number of fused-ring (bicyclic) bond motifs is 1. The number of nitrogens with zero attached hydrogens (tertiary/aromatic N) is 1. The highest BCUT2D eigenvalue weighted by Gasteiger charge is 2.29. The highest BCUT2D eigenvalue weighted by Crippen LogP contribution is 2.44. The Morgan fingerprint density at radius 2 is 1.59 bits per heavy atom. The van der Waals surface area contributed by atoms with E-state index in [4.69, 9.17) is 16.3 Å². The van der Waals surface area contributed by atoms with Crippen LogP contribution in [0.15, 0.2) is 54.6 Å². The molecule has 140 valence electrons. The van der Waals surface area contributed by atoms with E-state index in [1.54, 1.807) is 7.11 Å². The molecule has 4 heteroatoms. The number of aromatic hydroxyl groups is 1. The summed E-state index contributed by atoms with van der Waals surface area (Å²) in [5, 5.41) is 13.5. The molecule has 4 rings (SSSR count). The van der Waals surface area contributed by atoms with Gasteiger partial charge in [-0.05, 0) is 38.1 Å². The Kier molecular flexibility index (Phi) is 5.24. The molecule has 3 aromatic carbocycles. The van der Waals surface area contributed by atoms with Gasteiger partial charge in [-0.2, -0.15) is 0 Å². The zero-order valence-electron chi connectivity index (χ0n) is 15.5. The maximum Gasteiger partial charge on any atom is 0.128 e. The normalized spacial score (nSPS) is 16.4. The van der Waals surface area contributed by atoms with Gasteiger partial charge < -0.3 is 9.84 Å². The van der Waals surface area contributed by atoms with Gasteiger partial charge in [-0.3, -0.25) is 4.90 Å². The zero-order valence-corrected chi connectivity index (χ0v) is 16.2. The zero-order chi connectivity index (χ0) is 18.8. The molecular formula is C23H24ClNO2. The number of rotatable bonds is 4. The van der Waals surface area contributed by atoms with E-state index in [-0.39, 0.29) is 6.04 Å². The van der Waals surface area contributed by atoms with Crippen molar-refractivity contribution in [3.63, 3.8) is 0 Å². The first-order chi connectivity index (χ1) is 13.2. The van der Waals surface area contributed by atoms with Crippen LogP contribution in [0.25, 0.3) is 10.8 Å². The van der Waals surface area contributed by atoms with E-state index in [9.17, 15) is 5.11 Å². The number of ether oxygens (including phenoxy) is 1. The van der Waals surface area contributed by atoms with Gasteiger partial charge in [-0.1, -0.05) is 60.5 Å². The molecule has 0 aliphatic carbocycles. The number of phenols is 1. The van der Waals surface area contributed by atoms with Gasteiger partial charge in [0.1, 0.15) is 11.5 Å². The fourth-order valence-corrected chi connectivity index (χ4v) is 4.46. The van der Waals surface area contributed by atoms with Gasteiger partial charge >= 0.3 is 0 Å². The Labute approximate surface area is 165 Å². The number of halogens is 1. The van der Waals surface area contributed by atoms with Gasteiger partial charge in [0.15, 0.2) is 0 Å². The number of piperidine rings is 1. The van der Waals surface area contributed by atoms with Gasteiger partial charge in [-0.15, -0.1) is 0 Å². The highest BCUT2D eigenvalue weighted by molar-refractivity contribution is 6.36. The third kappa shape index (κ3) is 3.38. The molecule has 0 bridgehead atoms. The molecule has 1 aliphatic rings. The number of benzene rings is 3. The third-order valence-corrected chi connectivity index (χ3v) is 5.79. The Hall–Kier alpha value is -2.23. The van der Waals surface area contributed by atoms with E-state index in [1.807, 2.05) is 48.5 Å². The first kappa shape index (κ1) is 18.1.